The van der Waals surface area contributed by atoms with Crippen LogP contribution in [0.3, 0.4) is 0 Å². The molecule has 4 nitrogen and oxygen atoms in total. The molecule has 4 heteroatoms. The van der Waals surface area contributed by atoms with Crippen molar-refractivity contribution >= 4 is 27.8 Å². The average Bonchev–Trinajstić information content (AvgIpc) is 2.42. The number of pyridine rings is 1. The number of nitrogens with two attached hydrogens (primary N) is 1. The Labute approximate surface area is 118 Å². The Kier molecular flexibility index (Phi) is 2.82. The zero-order valence-corrected chi connectivity index (χ0v) is 12.2. The zero-order chi connectivity index (χ0) is 14.4. The largest absolute Gasteiger partial charge is 0.383 e. The van der Waals surface area contributed by atoms with E-state index in [0.29, 0.717) is 11.5 Å². The van der Waals surface area contributed by atoms with Gasteiger partial charge in [0.2, 0.25) is 0 Å². The van der Waals surface area contributed by atoms with Crippen LogP contribution in [-0.2, 0) is 0 Å². The molecule has 0 unspecified atom stereocenters. The van der Waals surface area contributed by atoms with Gasteiger partial charge in [-0.2, -0.15) is 0 Å². The van der Waals surface area contributed by atoms with Crippen LogP contribution in [0.4, 0.5) is 5.82 Å². The van der Waals surface area contributed by atoms with E-state index in [2.05, 4.69) is 49.8 Å². The first kappa shape index (κ1) is 12.8. The van der Waals surface area contributed by atoms with E-state index in [0.717, 1.165) is 22.1 Å². The zero-order valence-electron chi connectivity index (χ0n) is 12.2. The predicted octanol–water partition coefficient (Wildman–Crippen LogP) is 3.50. The van der Waals surface area contributed by atoms with Crippen LogP contribution in [0, 0.1) is 13.8 Å². The monoisotopic (exact) mass is 266 g/mol. The van der Waals surface area contributed by atoms with Crippen LogP contribution in [0.1, 0.15) is 36.7 Å². The van der Waals surface area contributed by atoms with E-state index in [9.17, 15) is 0 Å². The number of hydrogen-bond acceptors (Lipinski definition) is 4. The Morgan fingerprint density at radius 2 is 1.80 bits per heavy atom. The van der Waals surface area contributed by atoms with Crippen molar-refractivity contribution in [3.05, 3.63) is 35.2 Å². The minimum absolute atomic E-state index is 0.234. The molecule has 0 saturated carbocycles. The number of aryl methyl sites for hydroxylation is 2. The summed E-state index contributed by atoms with van der Waals surface area (Å²) in [5.41, 5.74) is 10.2. The number of fused-ring (bicyclic) bond motifs is 2. The van der Waals surface area contributed by atoms with Gasteiger partial charge < -0.3 is 5.73 Å². The van der Waals surface area contributed by atoms with Crippen LogP contribution in [-0.4, -0.2) is 15.0 Å². The van der Waals surface area contributed by atoms with Crippen molar-refractivity contribution in [1.29, 1.82) is 0 Å². The summed E-state index contributed by atoms with van der Waals surface area (Å²) >= 11 is 0. The highest BCUT2D eigenvalue weighted by Gasteiger charge is 2.11. The van der Waals surface area contributed by atoms with Gasteiger partial charge in [-0.1, -0.05) is 26.0 Å². The molecule has 0 aliphatic heterocycles. The third kappa shape index (κ3) is 1.88. The predicted molar refractivity (Wildman–Crippen MR) is 82.8 cm³/mol. The summed E-state index contributed by atoms with van der Waals surface area (Å²) < 4.78 is 0. The highest BCUT2D eigenvalue weighted by molar-refractivity contribution is 5.97. The minimum Gasteiger partial charge on any atom is -0.383 e. The molecule has 2 aromatic heterocycles. The minimum atomic E-state index is 0.234. The summed E-state index contributed by atoms with van der Waals surface area (Å²) in [5.74, 6) is 1.48. The molecule has 0 fully saturated rings. The lowest BCUT2D eigenvalue weighted by molar-refractivity contribution is 0.783. The Hall–Kier alpha value is -2.23. The molecule has 0 spiro atoms. The van der Waals surface area contributed by atoms with E-state index in [1.807, 2.05) is 6.07 Å². The number of nitrogens with zero attached hydrogens (tertiary/aromatic N) is 3. The standard InChI is InChI=1S/C16H18N4/c1-8(2)15-19-14(17)12-7-11-6-5-9(3)10(4)13(11)18-16(12)20-15/h5-8H,1-4H3,(H2,17,18,19,20). The molecule has 0 atom stereocenters. The summed E-state index contributed by atoms with van der Waals surface area (Å²) in [6, 6.07) is 6.20. The van der Waals surface area contributed by atoms with E-state index in [4.69, 9.17) is 10.7 Å². The van der Waals surface area contributed by atoms with Crippen LogP contribution in [0.5, 0.6) is 0 Å². The number of hydrogen-bond donors (Lipinski definition) is 1. The SMILES string of the molecule is Cc1ccc2cc3c(N)nc(C(C)C)nc3nc2c1C. The fourth-order valence-electron chi connectivity index (χ4n) is 2.32. The molecule has 2 N–H and O–H groups in total. The van der Waals surface area contributed by atoms with Crippen LogP contribution in [0.2, 0.25) is 0 Å². The van der Waals surface area contributed by atoms with Gasteiger partial charge in [0.05, 0.1) is 10.9 Å². The van der Waals surface area contributed by atoms with Crippen molar-refractivity contribution in [3.8, 4) is 0 Å². The van der Waals surface area contributed by atoms with Gasteiger partial charge in [-0.25, -0.2) is 15.0 Å². The van der Waals surface area contributed by atoms with Crippen LogP contribution >= 0.6 is 0 Å². The van der Waals surface area contributed by atoms with E-state index in [1.165, 1.54) is 11.1 Å². The number of anilines is 1. The van der Waals surface area contributed by atoms with Crippen molar-refractivity contribution in [2.24, 2.45) is 0 Å². The Morgan fingerprint density at radius 1 is 1.05 bits per heavy atom. The second-order valence-corrected chi connectivity index (χ2v) is 5.56. The molecule has 0 amide bonds. The molecule has 0 radical (unpaired) electrons. The highest BCUT2D eigenvalue weighted by atomic mass is 15.0. The number of aromatic nitrogens is 3. The summed E-state index contributed by atoms with van der Waals surface area (Å²) in [7, 11) is 0. The third-order valence-corrected chi connectivity index (χ3v) is 3.74. The lowest BCUT2D eigenvalue weighted by Gasteiger charge is -2.10. The first-order valence-corrected chi connectivity index (χ1v) is 6.81. The Morgan fingerprint density at radius 3 is 2.50 bits per heavy atom. The molecule has 3 rings (SSSR count). The number of rotatable bonds is 1. The molecule has 0 saturated heterocycles. The van der Waals surface area contributed by atoms with Gasteiger partial charge in [-0.3, -0.25) is 0 Å². The maximum atomic E-state index is 6.06. The summed E-state index contributed by atoms with van der Waals surface area (Å²) in [4.78, 5) is 13.6. The Balaban J connectivity index is 2.42. The van der Waals surface area contributed by atoms with Gasteiger partial charge in [-0.15, -0.1) is 0 Å². The van der Waals surface area contributed by atoms with Crippen LogP contribution < -0.4 is 5.73 Å². The average molecular weight is 266 g/mol. The number of benzene rings is 1. The van der Waals surface area contributed by atoms with E-state index >= 15 is 0 Å². The highest BCUT2D eigenvalue weighted by Crippen LogP contribution is 2.26. The lowest BCUT2D eigenvalue weighted by Crippen LogP contribution is -2.04. The van der Waals surface area contributed by atoms with Gasteiger partial charge >= 0.3 is 0 Å². The summed E-state index contributed by atoms with van der Waals surface area (Å²) in [6.45, 7) is 8.28. The molecular weight excluding hydrogens is 248 g/mol. The second kappa shape index (κ2) is 4.40. The van der Waals surface area contributed by atoms with Gasteiger partial charge in [0.25, 0.3) is 0 Å². The fraction of sp³-hybridized carbons (Fsp3) is 0.312. The van der Waals surface area contributed by atoms with E-state index < -0.39 is 0 Å². The molecule has 1 aromatic carbocycles. The third-order valence-electron chi connectivity index (χ3n) is 3.74. The maximum absolute atomic E-state index is 6.06. The molecule has 3 aromatic rings. The van der Waals surface area contributed by atoms with Crippen molar-refractivity contribution in [1.82, 2.24) is 15.0 Å². The van der Waals surface area contributed by atoms with Crippen molar-refractivity contribution in [2.75, 3.05) is 5.73 Å². The normalized spacial score (nSPS) is 11.7. The first-order valence-electron chi connectivity index (χ1n) is 6.81. The summed E-state index contributed by atoms with van der Waals surface area (Å²) in [6.07, 6.45) is 0. The smallest absolute Gasteiger partial charge is 0.165 e. The van der Waals surface area contributed by atoms with Crippen LogP contribution in [0.25, 0.3) is 21.9 Å². The molecule has 0 bridgehead atoms. The summed E-state index contributed by atoms with van der Waals surface area (Å²) in [5, 5.41) is 1.90. The molecule has 102 valence electrons. The topological polar surface area (TPSA) is 64.7 Å². The quantitative estimate of drug-likeness (QED) is 0.685. The van der Waals surface area contributed by atoms with Gasteiger partial charge in [0.1, 0.15) is 11.6 Å². The van der Waals surface area contributed by atoms with Crippen molar-refractivity contribution in [3.63, 3.8) is 0 Å². The van der Waals surface area contributed by atoms with Gasteiger partial charge in [-0.05, 0) is 31.0 Å². The van der Waals surface area contributed by atoms with Crippen molar-refractivity contribution < 1.29 is 0 Å². The first-order chi connectivity index (χ1) is 9.47. The maximum Gasteiger partial charge on any atom is 0.165 e. The number of nitrogen functional groups attached to an aromatic ring is 1. The molecule has 0 aliphatic carbocycles. The van der Waals surface area contributed by atoms with Crippen LogP contribution in [0.15, 0.2) is 18.2 Å². The van der Waals surface area contributed by atoms with Crippen molar-refractivity contribution in [2.45, 2.75) is 33.6 Å². The fourth-order valence-corrected chi connectivity index (χ4v) is 2.32. The van der Waals surface area contributed by atoms with Gasteiger partial charge in [0.15, 0.2) is 5.65 Å². The lowest BCUT2D eigenvalue weighted by atomic mass is 10.0. The molecule has 2 heterocycles. The van der Waals surface area contributed by atoms with E-state index in [1.54, 1.807) is 0 Å². The van der Waals surface area contributed by atoms with Gasteiger partial charge in [0, 0.05) is 11.3 Å². The molecular formula is C16H18N4. The second-order valence-electron chi connectivity index (χ2n) is 5.56. The molecule has 20 heavy (non-hydrogen) atoms. The van der Waals surface area contributed by atoms with E-state index in [-0.39, 0.29) is 5.92 Å². The molecule has 0 aliphatic rings. The Bertz CT molecular complexity index is 822.